The number of unbranched alkanes of at least 4 members (excludes halogenated alkanes) is 31. The minimum atomic E-state index is -0.542. The molecule has 0 saturated carbocycles. The Morgan fingerprint density at radius 1 is 0.355 bits per heavy atom. The number of carbonyl (C=O) groups excluding carboxylic acids is 2. The van der Waals surface area contributed by atoms with Crippen molar-refractivity contribution in [3.05, 3.63) is 48.6 Å². The second-order valence-electron chi connectivity index (χ2n) is 18.1. The molecule has 1 unspecified atom stereocenters. The van der Waals surface area contributed by atoms with Crippen molar-refractivity contribution >= 4 is 11.9 Å². The Balaban J connectivity index is 4.26. The zero-order valence-electron chi connectivity index (χ0n) is 41.6. The summed E-state index contributed by atoms with van der Waals surface area (Å²) in [6.45, 7) is 7.80. The summed E-state index contributed by atoms with van der Waals surface area (Å²) in [5, 5.41) is 0. The molecule has 0 amide bonds. The monoisotopic (exact) mass is 869 g/mol. The average molecular weight is 869 g/mol. The van der Waals surface area contributed by atoms with Gasteiger partial charge in [-0.1, -0.05) is 230 Å². The molecule has 0 aromatic carbocycles. The second kappa shape index (κ2) is 53.2. The summed E-state index contributed by atoms with van der Waals surface area (Å²) in [6.07, 6.45) is 65.4. The SMILES string of the molecule is CCCCC/C=C\C/C=C\C/C=C\CCCCCCCCC(=O)OCC(COCCCCCCCCCCCCCCCC)OC(=O)CCCCCCC/C=C\CCCCCC. The highest BCUT2D eigenvalue weighted by atomic mass is 16.6. The Labute approximate surface area is 386 Å². The number of ether oxygens (including phenoxy) is 3. The fraction of sp³-hybridized carbons (Fsp3) is 0.825. The minimum Gasteiger partial charge on any atom is -0.462 e. The number of esters is 2. The molecular formula is C57H104O5. The average Bonchev–Trinajstić information content (AvgIpc) is 3.27. The maximum atomic E-state index is 12.8. The van der Waals surface area contributed by atoms with E-state index >= 15 is 0 Å². The molecule has 62 heavy (non-hydrogen) atoms. The summed E-state index contributed by atoms with van der Waals surface area (Å²) in [5.41, 5.74) is 0. The molecule has 1 atom stereocenters. The Kier molecular flexibility index (Phi) is 51.4. The van der Waals surface area contributed by atoms with E-state index in [2.05, 4.69) is 69.4 Å². The Morgan fingerprint density at radius 3 is 1.15 bits per heavy atom. The highest BCUT2D eigenvalue weighted by Crippen LogP contribution is 2.15. The standard InChI is InChI=1S/C57H104O5/c1-4-7-10-13-16-19-22-25-27-28-29-30-31-33-35-38-41-44-47-50-56(58)61-54-55(53-60-52-49-46-43-40-37-34-26-23-20-17-14-11-8-5-2)62-57(59)51-48-45-42-39-36-32-24-21-18-15-12-9-6-3/h16,19,21,24-25,27,29-30,55H,4-15,17-18,20,22-23,26,28,31-54H2,1-3H3/b19-16-,24-21-,27-25-,30-29-. The third-order valence-corrected chi connectivity index (χ3v) is 11.8. The van der Waals surface area contributed by atoms with E-state index in [0.29, 0.717) is 19.4 Å². The maximum Gasteiger partial charge on any atom is 0.306 e. The van der Waals surface area contributed by atoms with Gasteiger partial charge in [-0.2, -0.15) is 0 Å². The molecule has 0 rings (SSSR count). The number of hydrogen-bond donors (Lipinski definition) is 0. The quantitative estimate of drug-likeness (QED) is 0.0346. The van der Waals surface area contributed by atoms with E-state index in [0.717, 1.165) is 70.6 Å². The fourth-order valence-corrected chi connectivity index (χ4v) is 7.75. The number of rotatable bonds is 50. The zero-order valence-corrected chi connectivity index (χ0v) is 41.6. The third-order valence-electron chi connectivity index (χ3n) is 11.8. The first kappa shape index (κ1) is 59.9. The third kappa shape index (κ3) is 50.5. The first-order valence-electron chi connectivity index (χ1n) is 27.2. The first-order valence-corrected chi connectivity index (χ1v) is 27.2. The highest BCUT2D eigenvalue weighted by Gasteiger charge is 2.17. The molecule has 5 nitrogen and oxygen atoms in total. The summed E-state index contributed by atoms with van der Waals surface area (Å²) in [6, 6.07) is 0. The van der Waals surface area contributed by atoms with Crippen LogP contribution in [0.15, 0.2) is 48.6 Å². The summed E-state index contributed by atoms with van der Waals surface area (Å²) >= 11 is 0. The van der Waals surface area contributed by atoms with Crippen molar-refractivity contribution in [1.29, 1.82) is 0 Å². The lowest BCUT2D eigenvalue weighted by Gasteiger charge is -2.18. The van der Waals surface area contributed by atoms with E-state index in [1.807, 2.05) is 0 Å². The van der Waals surface area contributed by atoms with Crippen LogP contribution in [0.25, 0.3) is 0 Å². The molecule has 362 valence electrons. The van der Waals surface area contributed by atoms with Gasteiger partial charge in [-0.25, -0.2) is 0 Å². The fourth-order valence-electron chi connectivity index (χ4n) is 7.75. The van der Waals surface area contributed by atoms with E-state index in [1.165, 1.54) is 173 Å². The minimum absolute atomic E-state index is 0.0783. The molecule has 0 N–H and O–H groups in total. The molecule has 0 aliphatic carbocycles. The van der Waals surface area contributed by atoms with Crippen LogP contribution in [0.5, 0.6) is 0 Å². The van der Waals surface area contributed by atoms with Crippen LogP contribution in [0.4, 0.5) is 0 Å². The summed E-state index contributed by atoms with van der Waals surface area (Å²) in [7, 11) is 0. The summed E-state index contributed by atoms with van der Waals surface area (Å²) in [4.78, 5) is 25.4. The molecule has 5 heteroatoms. The van der Waals surface area contributed by atoms with Crippen LogP contribution in [-0.4, -0.2) is 37.9 Å². The molecule has 0 aromatic heterocycles. The number of allylic oxidation sites excluding steroid dienone is 8. The van der Waals surface area contributed by atoms with Crippen LogP contribution in [0.3, 0.4) is 0 Å². The van der Waals surface area contributed by atoms with Crippen LogP contribution in [0.2, 0.25) is 0 Å². The lowest BCUT2D eigenvalue weighted by Crippen LogP contribution is -2.30. The smallest absolute Gasteiger partial charge is 0.306 e. The largest absolute Gasteiger partial charge is 0.462 e. The highest BCUT2D eigenvalue weighted by molar-refractivity contribution is 5.70. The molecule has 0 heterocycles. The summed E-state index contributed by atoms with van der Waals surface area (Å²) in [5.74, 6) is -0.410. The molecule has 0 aliphatic heterocycles. The van der Waals surface area contributed by atoms with E-state index in [4.69, 9.17) is 14.2 Å². The van der Waals surface area contributed by atoms with Gasteiger partial charge in [-0.05, 0) is 83.5 Å². The first-order chi connectivity index (χ1) is 30.6. The molecule has 0 radical (unpaired) electrons. The Morgan fingerprint density at radius 2 is 0.677 bits per heavy atom. The van der Waals surface area contributed by atoms with Crippen LogP contribution in [-0.2, 0) is 23.8 Å². The van der Waals surface area contributed by atoms with Crippen molar-refractivity contribution in [3.8, 4) is 0 Å². The molecule has 0 fully saturated rings. The van der Waals surface area contributed by atoms with Crippen LogP contribution < -0.4 is 0 Å². The van der Waals surface area contributed by atoms with Gasteiger partial charge in [0.05, 0.1) is 6.61 Å². The lowest BCUT2D eigenvalue weighted by molar-refractivity contribution is -0.163. The number of hydrogen-bond acceptors (Lipinski definition) is 5. The van der Waals surface area contributed by atoms with Gasteiger partial charge in [0.25, 0.3) is 0 Å². The Bertz CT molecular complexity index is 1030. The predicted molar refractivity (Wildman–Crippen MR) is 270 cm³/mol. The predicted octanol–water partition coefficient (Wildman–Crippen LogP) is 18.3. The summed E-state index contributed by atoms with van der Waals surface area (Å²) < 4.78 is 17.4. The second-order valence-corrected chi connectivity index (χ2v) is 18.1. The van der Waals surface area contributed by atoms with Crippen LogP contribution >= 0.6 is 0 Å². The number of carbonyl (C=O) groups is 2. The van der Waals surface area contributed by atoms with Gasteiger partial charge in [0.1, 0.15) is 6.61 Å². The van der Waals surface area contributed by atoms with Crippen molar-refractivity contribution in [2.75, 3.05) is 19.8 Å². The molecule has 0 saturated heterocycles. The van der Waals surface area contributed by atoms with Gasteiger partial charge in [-0.3, -0.25) is 9.59 Å². The topological polar surface area (TPSA) is 61.8 Å². The van der Waals surface area contributed by atoms with E-state index < -0.39 is 6.10 Å². The van der Waals surface area contributed by atoms with E-state index in [-0.39, 0.29) is 25.2 Å². The van der Waals surface area contributed by atoms with Crippen molar-refractivity contribution in [1.82, 2.24) is 0 Å². The molecule has 0 spiro atoms. The lowest BCUT2D eigenvalue weighted by atomic mass is 10.0. The normalized spacial score (nSPS) is 12.5. The molecule has 0 aliphatic rings. The van der Waals surface area contributed by atoms with Crippen molar-refractivity contribution in [2.45, 2.75) is 284 Å². The van der Waals surface area contributed by atoms with Gasteiger partial charge < -0.3 is 14.2 Å². The molecular weight excluding hydrogens is 765 g/mol. The van der Waals surface area contributed by atoms with Gasteiger partial charge in [-0.15, -0.1) is 0 Å². The zero-order chi connectivity index (χ0) is 44.9. The van der Waals surface area contributed by atoms with Crippen LogP contribution in [0, 0.1) is 0 Å². The molecule has 0 bridgehead atoms. The van der Waals surface area contributed by atoms with Crippen molar-refractivity contribution in [3.63, 3.8) is 0 Å². The van der Waals surface area contributed by atoms with Gasteiger partial charge in [0.15, 0.2) is 6.10 Å². The maximum absolute atomic E-state index is 12.8. The van der Waals surface area contributed by atoms with Crippen molar-refractivity contribution in [2.24, 2.45) is 0 Å². The molecule has 0 aromatic rings. The van der Waals surface area contributed by atoms with Crippen molar-refractivity contribution < 1.29 is 23.8 Å². The Hall–Kier alpha value is -2.14. The van der Waals surface area contributed by atoms with Gasteiger partial charge in [0.2, 0.25) is 0 Å². The van der Waals surface area contributed by atoms with Gasteiger partial charge >= 0.3 is 11.9 Å². The van der Waals surface area contributed by atoms with E-state index in [9.17, 15) is 9.59 Å². The van der Waals surface area contributed by atoms with Gasteiger partial charge in [0, 0.05) is 19.4 Å². The van der Waals surface area contributed by atoms with E-state index in [1.54, 1.807) is 0 Å². The van der Waals surface area contributed by atoms with Crippen LogP contribution in [0.1, 0.15) is 278 Å².